The fourth-order valence-corrected chi connectivity index (χ4v) is 9.31. The van der Waals surface area contributed by atoms with E-state index < -0.39 is 0 Å². The monoisotopic (exact) mass is 620 g/mol. The molecule has 0 N–H and O–H groups in total. The van der Waals surface area contributed by atoms with Crippen LogP contribution >= 0.6 is 0 Å². The molecule has 0 aromatic heterocycles. The quantitative estimate of drug-likeness (QED) is 0.185. The molecule has 236 valence electrons. The second-order valence-corrected chi connectivity index (χ2v) is 16.2. The Kier molecular flexibility index (Phi) is 5.95. The maximum atomic E-state index is 2.47. The molecule has 0 heterocycles. The highest BCUT2D eigenvalue weighted by Crippen LogP contribution is 2.54. The standard InChI is InChI=1S/C48H44/c1-9-29-11-17-35-37-19-13-31(25-43(37)47(5,6)41(35)23-29)33-15-21-39-38-20-14-32(26-44(38)48(7,8)45(39)27-33)30-12-18-36-34-16-10-28(2)22-40(34)46(3,4)42(36)24-30/h10-27H,9H2,1-8H3. The summed E-state index contributed by atoms with van der Waals surface area (Å²) in [7, 11) is 0. The lowest BCUT2D eigenvalue weighted by Gasteiger charge is -2.24. The number of hydrogen-bond acceptors (Lipinski definition) is 0. The highest BCUT2D eigenvalue weighted by atomic mass is 14.4. The van der Waals surface area contributed by atoms with Gasteiger partial charge in [-0.1, -0.05) is 139 Å². The zero-order valence-electron chi connectivity index (χ0n) is 29.6. The second kappa shape index (κ2) is 9.70. The zero-order chi connectivity index (χ0) is 33.3. The summed E-state index contributed by atoms with van der Waals surface area (Å²) >= 11 is 0. The Morgan fingerprint density at radius 3 is 1.00 bits per heavy atom. The van der Waals surface area contributed by atoms with Crippen molar-refractivity contribution in [1.29, 1.82) is 0 Å². The Labute approximate surface area is 286 Å². The highest BCUT2D eigenvalue weighted by Gasteiger charge is 2.39. The molecule has 9 rings (SSSR count). The molecule has 0 atom stereocenters. The van der Waals surface area contributed by atoms with Crippen LogP contribution < -0.4 is 0 Å². The molecule has 3 aliphatic rings. The van der Waals surface area contributed by atoms with Gasteiger partial charge in [0.15, 0.2) is 0 Å². The van der Waals surface area contributed by atoms with Crippen LogP contribution in [-0.4, -0.2) is 0 Å². The first-order valence-electron chi connectivity index (χ1n) is 17.7. The minimum absolute atomic E-state index is 0.0106. The summed E-state index contributed by atoms with van der Waals surface area (Å²) in [5.74, 6) is 0. The fraction of sp³-hybridized carbons (Fsp3) is 0.250. The molecule has 0 saturated carbocycles. The molecule has 0 fully saturated rings. The van der Waals surface area contributed by atoms with E-state index in [1.54, 1.807) is 0 Å². The summed E-state index contributed by atoms with van der Waals surface area (Å²) in [6.07, 6.45) is 1.07. The summed E-state index contributed by atoms with van der Waals surface area (Å²) in [6.45, 7) is 18.8. The molecule has 0 unspecified atom stereocenters. The van der Waals surface area contributed by atoms with E-state index in [4.69, 9.17) is 0 Å². The van der Waals surface area contributed by atoms with Crippen LogP contribution in [0.4, 0.5) is 0 Å². The topological polar surface area (TPSA) is 0 Å². The van der Waals surface area contributed by atoms with Gasteiger partial charge in [-0.15, -0.1) is 0 Å². The van der Waals surface area contributed by atoms with Crippen LogP contribution in [0.15, 0.2) is 109 Å². The van der Waals surface area contributed by atoms with E-state index in [-0.39, 0.29) is 16.2 Å². The number of fused-ring (bicyclic) bond motifs is 9. The minimum Gasteiger partial charge on any atom is -0.0613 e. The van der Waals surface area contributed by atoms with Crippen LogP contribution in [0.5, 0.6) is 0 Å². The van der Waals surface area contributed by atoms with Crippen LogP contribution in [0.2, 0.25) is 0 Å². The Bertz CT molecular complexity index is 2360. The lowest BCUT2D eigenvalue weighted by Crippen LogP contribution is -2.16. The van der Waals surface area contributed by atoms with Gasteiger partial charge in [-0.25, -0.2) is 0 Å². The lowest BCUT2D eigenvalue weighted by atomic mass is 9.79. The lowest BCUT2D eigenvalue weighted by molar-refractivity contribution is 0.658. The molecule has 6 aromatic carbocycles. The number of benzene rings is 6. The van der Waals surface area contributed by atoms with E-state index in [9.17, 15) is 0 Å². The number of aryl methyl sites for hydroxylation is 2. The van der Waals surface area contributed by atoms with Crippen LogP contribution in [0.1, 0.15) is 93.0 Å². The van der Waals surface area contributed by atoms with Gasteiger partial charge in [-0.2, -0.15) is 0 Å². The van der Waals surface area contributed by atoms with E-state index in [2.05, 4.69) is 165 Å². The maximum absolute atomic E-state index is 2.47. The number of rotatable bonds is 3. The summed E-state index contributed by atoms with van der Waals surface area (Å²) in [6, 6.07) is 42.7. The molecular formula is C48H44. The second-order valence-electron chi connectivity index (χ2n) is 16.2. The highest BCUT2D eigenvalue weighted by molar-refractivity contribution is 5.89. The van der Waals surface area contributed by atoms with Crippen molar-refractivity contribution < 1.29 is 0 Å². The third-order valence-corrected chi connectivity index (χ3v) is 12.3. The first-order chi connectivity index (χ1) is 22.9. The van der Waals surface area contributed by atoms with Gasteiger partial charge in [0.05, 0.1) is 0 Å². The van der Waals surface area contributed by atoms with Crippen molar-refractivity contribution in [3.8, 4) is 55.6 Å². The van der Waals surface area contributed by atoms with Gasteiger partial charge in [0.1, 0.15) is 0 Å². The van der Waals surface area contributed by atoms with Crippen LogP contribution in [0.3, 0.4) is 0 Å². The molecule has 0 nitrogen and oxygen atoms in total. The van der Waals surface area contributed by atoms with Gasteiger partial charge in [0.2, 0.25) is 0 Å². The number of hydrogen-bond donors (Lipinski definition) is 0. The van der Waals surface area contributed by atoms with Gasteiger partial charge in [0, 0.05) is 16.2 Å². The summed E-state index contributed by atoms with van der Waals surface area (Å²) < 4.78 is 0. The third-order valence-electron chi connectivity index (χ3n) is 12.3. The summed E-state index contributed by atoms with van der Waals surface area (Å²) in [5.41, 5.74) is 24.7. The zero-order valence-corrected chi connectivity index (χ0v) is 29.6. The van der Waals surface area contributed by atoms with Gasteiger partial charge < -0.3 is 0 Å². The van der Waals surface area contributed by atoms with E-state index >= 15 is 0 Å². The van der Waals surface area contributed by atoms with Crippen molar-refractivity contribution in [2.75, 3.05) is 0 Å². The average molecular weight is 621 g/mol. The Balaban J connectivity index is 1.08. The van der Waals surface area contributed by atoms with Gasteiger partial charge >= 0.3 is 0 Å². The van der Waals surface area contributed by atoms with Crippen molar-refractivity contribution in [2.24, 2.45) is 0 Å². The molecule has 3 aliphatic carbocycles. The molecule has 0 amide bonds. The van der Waals surface area contributed by atoms with E-state index in [0.717, 1.165) is 6.42 Å². The van der Waals surface area contributed by atoms with Gasteiger partial charge in [-0.3, -0.25) is 0 Å². The largest absolute Gasteiger partial charge is 0.0613 e. The molecule has 0 aliphatic heterocycles. The van der Waals surface area contributed by atoms with Crippen molar-refractivity contribution in [3.05, 3.63) is 154 Å². The molecule has 6 aromatic rings. The van der Waals surface area contributed by atoms with Crippen LogP contribution in [0, 0.1) is 6.92 Å². The van der Waals surface area contributed by atoms with Crippen molar-refractivity contribution in [1.82, 2.24) is 0 Å². The van der Waals surface area contributed by atoms with E-state index in [1.807, 2.05) is 0 Å². The maximum Gasteiger partial charge on any atom is 0.0159 e. The molecule has 0 spiro atoms. The van der Waals surface area contributed by atoms with Gasteiger partial charge in [0.25, 0.3) is 0 Å². The van der Waals surface area contributed by atoms with E-state index in [1.165, 1.54) is 100 Å². The van der Waals surface area contributed by atoms with Crippen LogP contribution in [-0.2, 0) is 22.7 Å². The Hall–Kier alpha value is -4.68. The Morgan fingerprint density at radius 1 is 0.354 bits per heavy atom. The van der Waals surface area contributed by atoms with Crippen LogP contribution in [0.25, 0.3) is 55.6 Å². The fourth-order valence-electron chi connectivity index (χ4n) is 9.31. The summed E-state index contributed by atoms with van der Waals surface area (Å²) in [5, 5.41) is 0. The molecule has 0 heteroatoms. The third kappa shape index (κ3) is 3.90. The predicted octanol–water partition coefficient (Wildman–Crippen LogP) is 12.8. The van der Waals surface area contributed by atoms with Gasteiger partial charge in [-0.05, 0) is 132 Å². The van der Waals surface area contributed by atoms with Crippen molar-refractivity contribution in [3.63, 3.8) is 0 Å². The first kappa shape index (κ1) is 29.5. The molecule has 48 heavy (non-hydrogen) atoms. The van der Waals surface area contributed by atoms with Crippen molar-refractivity contribution >= 4 is 0 Å². The normalized spacial score (nSPS) is 16.5. The minimum atomic E-state index is -0.0940. The first-order valence-corrected chi connectivity index (χ1v) is 17.7. The molecule has 0 saturated heterocycles. The molecule has 0 radical (unpaired) electrons. The Morgan fingerprint density at radius 2 is 0.646 bits per heavy atom. The van der Waals surface area contributed by atoms with Crippen molar-refractivity contribution in [2.45, 2.75) is 78.1 Å². The average Bonchev–Trinajstić information content (AvgIpc) is 3.56. The summed E-state index contributed by atoms with van der Waals surface area (Å²) in [4.78, 5) is 0. The molecular weight excluding hydrogens is 577 g/mol. The molecule has 0 bridgehead atoms. The smallest absolute Gasteiger partial charge is 0.0159 e. The predicted molar refractivity (Wildman–Crippen MR) is 204 cm³/mol. The SMILES string of the molecule is CCc1ccc2c(c1)C(C)(C)c1cc(-c3ccc4c(c3)C(C)(C)c3cc(-c5ccc6c(c5)C(C)(C)c5cc(C)ccc5-6)ccc3-4)ccc1-2. The van der Waals surface area contributed by atoms with E-state index in [0.29, 0.717) is 0 Å².